The molecule has 2 amide bonds. The van der Waals surface area contributed by atoms with Gasteiger partial charge in [0.15, 0.2) is 0 Å². The lowest BCUT2D eigenvalue weighted by molar-refractivity contribution is -0.139. The van der Waals surface area contributed by atoms with Crippen molar-refractivity contribution in [3.8, 4) is 0 Å². The number of carbonyl (C=O) groups excluding carboxylic acids is 2. The van der Waals surface area contributed by atoms with Gasteiger partial charge in [0, 0.05) is 18.1 Å². The van der Waals surface area contributed by atoms with Crippen LogP contribution in [0.4, 0.5) is 5.69 Å². The molecule has 0 bridgehead atoms. The van der Waals surface area contributed by atoms with E-state index in [2.05, 4.69) is 5.32 Å². The highest BCUT2D eigenvalue weighted by atomic mass is 35.5. The number of rotatable bonds is 14. The molecule has 0 saturated heterocycles. The van der Waals surface area contributed by atoms with Crippen molar-refractivity contribution in [1.29, 1.82) is 0 Å². The molecule has 9 heteroatoms. The number of hydrogen-bond donors (Lipinski definition) is 1. The number of anilines is 1. The number of nitrogens with one attached hydrogen (secondary N) is 1. The van der Waals surface area contributed by atoms with Gasteiger partial charge in [-0.2, -0.15) is 0 Å². The molecule has 220 valence electrons. The molecule has 0 spiro atoms. The zero-order valence-electron chi connectivity index (χ0n) is 24.3. The fourth-order valence-corrected chi connectivity index (χ4v) is 6.36. The summed E-state index contributed by atoms with van der Waals surface area (Å²) in [7, 11) is -4.13. The lowest BCUT2D eigenvalue weighted by Crippen LogP contribution is -2.53. The van der Waals surface area contributed by atoms with Crippen LogP contribution in [0.5, 0.6) is 0 Å². The molecule has 0 heterocycles. The SMILES string of the molecule is CCCCNC(=O)[C@@H](CC)N(CCc1ccccc1)C(=O)CN(c1ccc(Cl)cc1C)S(=O)(=O)c1ccc(C)cc1. The van der Waals surface area contributed by atoms with E-state index >= 15 is 0 Å². The van der Waals surface area contributed by atoms with Crippen LogP contribution >= 0.6 is 11.6 Å². The summed E-state index contributed by atoms with van der Waals surface area (Å²) in [6.45, 7) is 7.85. The fourth-order valence-electron chi connectivity index (χ4n) is 4.65. The molecular weight excluding hydrogens is 558 g/mol. The molecule has 0 aliphatic carbocycles. The molecular formula is C32H40ClN3O4S. The summed E-state index contributed by atoms with van der Waals surface area (Å²) in [5, 5.41) is 3.41. The first-order valence-corrected chi connectivity index (χ1v) is 15.9. The summed E-state index contributed by atoms with van der Waals surface area (Å²) in [6.07, 6.45) is 2.68. The quantitative estimate of drug-likeness (QED) is 0.234. The number of benzene rings is 3. The topological polar surface area (TPSA) is 86.8 Å². The summed E-state index contributed by atoms with van der Waals surface area (Å²) in [6, 6.07) is 20.4. The third-order valence-electron chi connectivity index (χ3n) is 7.02. The molecule has 1 atom stereocenters. The highest BCUT2D eigenvalue weighted by Gasteiger charge is 2.34. The number of hydrogen-bond acceptors (Lipinski definition) is 4. The summed E-state index contributed by atoms with van der Waals surface area (Å²) >= 11 is 6.19. The Morgan fingerprint density at radius 2 is 1.63 bits per heavy atom. The van der Waals surface area contributed by atoms with Gasteiger partial charge in [-0.25, -0.2) is 8.42 Å². The molecule has 0 saturated carbocycles. The normalized spacial score (nSPS) is 12.0. The third-order valence-corrected chi connectivity index (χ3v) is 9.02. The minimum Gasteiger partial charge on any atom is -0.354 e. The van der Waals surface area contributed by atoms with Crippen LogP contribution in [0.25, 0.3) is 0 Å². The maximum absolute atomic E-state index is 14.1. The Bertz CT molecular complexity index is 1410. The van der Waals surface area contributed by atoms with Crippen molar-refractivity contribution in [2.75, 3.05) is 23.9 Å². The molecule has 0 radical (unpaired) electrons. The molecule has 0 aromatic heterocycles. The number of aryl methyl sites for hydroxylation is 2. The largest absolute Gasteiger partial charge is 0.354 e. The van der Waals surface area contributed by atoms with E-state index in [1.54, 1.807) is 37.3 Å². The van der Waals surface area contributed by atoms with Gasteiger partial charge in [-0.15, -0.1) is 0 Å². The van der Waals surface area contributed by atoms with E-state index < -0.39 is 28.5 Å². The monoisotopic (exact) mass is 597 g/mol. The first-order valence-electron chi connectivity index (χ1n) is 14.0. The average molecular weight is 598 g/mol. The molecule has 0 fully saturated rings. The minimum absolute atomic E-state index is 0.0745. The van der Waals surface area contributed by atoms with E-state index in [1.807, 2.05) is 51.1 Å². The fraction of sp³-hybridized carbons (Fsp3) is 0.375. The predicted molar refractivity (Wildman–Crippen MR) is 166 cm³/mol. The zero-order chi connectivity index (χ0) is 30.0. The summed E-state index contributed by atoms with van der Waals surface area (Å²) in [5.41, 5.74) is 2.90. The molecule has 3 aromatic carbocycles. The lowest BCUT2D eigenvalue weighted by Gasteiger charge is -2.33. The van der Waals surface area contributed by atoms with E-state index in [0.717, 1.165) is 28.3 Å². The van der Waals surface area contributed by atoms with Crippen LogP contribution in [0.1, 0.15) is 49.8 Å². The van der Waals surface area contributed by atoms with Gasteiger partial charge in [0.05, 0.1) is 10.6 Å². The number of halogens is 1. The van der Waals surface area contributed by atoms with Gasteiger partial charge < -0.3 is 10.2 Å². The number of sulfonamides is 1. The van der Waals surface area contributed by atoms with E-state index in [4.69, 9.17) is 11.6 Å². The first kappa shape index (κ1) is 32.2. The van der Waals surface area contributed by atoms with Crippen LogP contribution in [0.15, 0.2) is 77.7 Å². The molecule has 0 aliphatic heterocycles. The second-order valence-corrected chi connectivity index (χ2v) is 12.4. The van der Waals surface area contributed by atoms with E-state index in [9.17, 15) is 18.0 Å². The van der Waals surface area contributed by atoms with E-state index in [1.165, 1.54) is 17.0 Å². The Kier molecular flexibility index (Phi) is 11.8. The van der Waals surface area contributed by atoms with Crippen molar-refractivity contribution in [3.63, 3.8) is 0 Å². The standard InChI is InChI=1S/C32H40ClN3O4S/c1-5-7-20-34-32(38)29(6-2)35(21-19-26-11-9-8-10-12-26)31(37)23-36(30-18-15-27(33)22-25(30)4)41(39,40)28-16-13-24(3)14-17-28/h8-18,22,29H,5-7,19-21,23H2,1-4H3,(H,34,38)/t29-/m1/s1. The Morgan fingerprint density at radius 1 is 0.951 bits per heavy atom. The minimum atomic E-state index is -4.13. The van der Waals surface area contributed by atoms with Crippen LogP contribution in [0.3, 0.4) is 0 Å². The van der Waals surface area contributed by atoms with Crippen LogP contribution in [0.2, 0.25) is 5.02 Å². The Balaban J connectivity index is 2.02. The van der Waals surface area contributed by atoms with Crippen molar-refractivity contribution in [3.05, 3.63) is 94.5 Å². The van der Waals surface area contributed by atoms with Gasteiger partial charge in [-0.05, 0) is 74.6 Å². The first-order chi connectivity index (χ1) is 19.6. The van der Waals surface area contributed by atoms with Gasteiger partial charge in [-0.1, -0.05) is 79.9 Å². The predicted octanol–water partition coefficient (Wildman–Crippen LogP) is 5.92. The van der Waals surface area contributed by atoms with E-state index in [-0.39, 0.29) is 17.3 Å². The highest BCUT2D eigenvalue weighted by molar-refractivity contribution is 7.92. The van der Waals surface area contributed by atoms with Crippen LogP contribution in [0, 0.1) is 13.8 Å². The average Bonchev–Trinajstić information content (AvgIpc) is 2.95. The van der Waals surface area contributed by atoms with Gasteiger partial charge in [0.1, 0.15) is 12.6 Å². The number of carbonyl (C=O) groups is 2. The zero-order valence-corrected chi connectivity index (χ0v) is 25.8. The van der Waals surface area contributed by atoms with Gasteiger partial charge in [0.2, 0.25) is 11.8 Å². The summed E-state index contributed by atoms with van der Waals surface area (Å²) < 4.78 is 29.1. The Morgan fingerprint density at radius 3 is 2.24 bits per heavy atom. The number of amides is 2. The molecule has 1 N–H and O–H groups in total. The van der Waals surface area contributed by atoms with Crippen molar-refractivity contribution < 1.29 is 18.0 Å². The van der Waals surface area contributed by atoms with Crippen molar-refractivity contribution >= 4 is 39.1 Å². The second kappa shape index (κ2) is 15.0. The molecule has 0 aliphatic rings. The molecule has 7 nitrogen and oxygen atoms in total. The number of unbranched alkanes of at least 4 members (excludes halogenated alkanes) is 1. The summed E-state index contributed by atoms with van der Waals surface area (Å²) in [5.74, 6) is -0.693. The van der Waals surface area contributed by atoms with Crippen molar-refractivity contribution in [1.82, 2.24) is 10.2 Å². The molecule has 3 aromatic rings. The molecule has 3 rings (SSSR count). The lowest BCUT2D eigenvalue weighted by atomic mass is 10.1. The molecule has 0 unspecified atom stereocenters. The van der Waals surface area contributed by atoms with Crippen molar-refractivity contribution in [2.45, 2.75) is 64.3 Å². The second-order valence-electron chi connectivity index (χ2n) is 10.1. The maximum atomic E-state index is 14.1. The maximum Gasteiger partial charge on any atom is 0.264 e. The third kappa shape index (κ3) is 8.57. The Labute approximate surface area is 249 Å². The highest BCUT2D eigenvalue weighted by Crippen LogP contribution is 2.29. The van der Waals surface area contributed by atoms with Gasteiger partial charge in [-0.3, -0.25) is 13.9 Å². The van der Waals surface area contributed by atoms with Crippen molar-refractivity contribution in [2.24, 2.45) is 0 Å². The smallest absolute Gasteiger partial charge is 0.264 e. The number of nitrogens with zero attached hydrogens (tertiary/aromatic N) is 2. The van der Waals surface area contributed by atoms with Gasteiger partial charge >= 0.3 is 0 Å². The summed E-state index contributed by atoms with van der Waals surface area (Å²) in [4.78, 5) is 29.0. The van der Waals surface area contributed by atoms with Crippen LogP contribution < -0.4 is 9.62 Å². The van der Waals surface area contributed by atoms with Gasteiger partial charge in [0.25, 0.3) is 10.0 Å². The van der Waals surface area contributed by atoms with Crippen LogP contribution in [-0.4, -0.2) is 50.8 Å². The van der Waals surface area contributed by atoms with Crippen LogP contribution in [-0.2, 0) is 26.0 Å². The molecule has 41 heavy (non-hydrogen) atoms. The van der Waals surface area contributed by atoms with E-state index in [0.29, 0.717) is 35.7 Å². The Hall–Kier alpha value is -3.36.